The Bertz CT molecular complexity index is 1700. The molecule has 34 heavy (non-hydrogen) atoms. The number of aromatic nitrogens is 3. The molecule has 6 rings (SSSR count). The molecule has 0 saturated heterocycles. The first-order chi connectivity index (χ1) is 16.9. The molecule has 3 aromatic carbocycles. The lowest BCUT2D eigenvalue weighted by Crippen LogP contribution is -1.95. The fourth-order valence-electron chi connectivity index (χ4n) is 4.22. The molecule has 3 heterocycles. The van der Waals surface area contributed by atoms with Crippen molar-refractivity contribution in [2.24, 2.45) is 0 Å². The standard InChI is InChI=1S/C31H19N3/c1-4-12-26-22(8-1)10-7-13-27(26)30-18-16-28(29-14-5-6-19-33-29)31(34-30)17-15-24-21-32-20-23-9-2-3-11-25(23)24/h1-14,16,18-21H. The Hall–Kier alpha value is -4.81. The van der Waals surface area contributed by atoms with Crippen molar-refractivity contribution in [1.29, 1.82) is 0 Å². The van der Waals surface area contributed by atoms with Gasteiger partial charge in [0.2, 0.25) is 0 Å². The molecule has 0 aliphatic carbocycles. The van der Waals surface area contributed by atoms with Crippen LogP contribution in [0.15, 0.2) is 116 Å². The summed E-state index contributed by atoms with van der Waals surface area (Å²) in [5.74, 6) is 6.66. The van der Waals surface area contributed by atoms with Crippen molar-refractivity contribution < 1.29 is 0 Å². The summed E-state index contributed by atoms with van der Waals surface area (Å²) in [4.78, 5) is 13.9. The highest BCUT2D eigenvalue weighted by Crippen LogP contribution is 2.30. The minimum atomic E-state index is 0.692. The second-order valence-electron chi connectivity index (χ2n) is 7.99. The molecule has 0 aliphatic heterocycles. The zero-order chi connectivity index (χ0) is 22.7. The smallest absolute Gasteiger partial charge is 0.123 e. The topological polar surface area (TPSA) is 38.7 Å². The van der Waals surface area contributed by atoms with Crippen LogP contribution in [0.2, 0.25) is 0 Å². The summed E-state index contributed by atoms with van der Waals surface area (Å²) in [6, 6.07) is 32.8. The van der Waals surface area contributed by atoms with Gasteiger partial charge in [0.25, 0.3) is 0 Å². The largest absolute Gasteiger partial charge is 0.263 e. The highest BCUT2D eigenvalue weighted by Gasteiger charge is 2.11. The van der Waals surface area contributed by atoms with Gasteiger partial charge in [-0.25, -0.2) is 4.98 Å². The minimum Gasteiger partial charge on any atom is -0.263 e. The number of pyridine rings is 3. The first-order valence-corrected chi connectivity index (χ1v) is 11.1. The molecule has 3 nitrogen and oxygen atoms in total. The van der Waals surface area contributed by atoms with E-state index in [1.165, 1.54) is 10.8 Å². The van der Waals surface area contributed by atoms with Crippen LogP contribution in [0.25, 0.3) is 44.1 Å². The number of benzene rings is 3. The Morgan fingerprint density at radius 3 is 2.21 bits per heavy atom. The molecule has 0 radical (unpaired) electrons. The van der Waals surface area contributed by atoms with Gasteiger partial charge in [0, 0.05) is 40.5 Å². The van der Waals surface area contributed by atoms with Crippen LogP contribution in [0.3, 0.4) is 0 Å². The second-order valence-corrected chi connectivity index (χ2v) is 7.99. The van der Waals surface area contributed by atoms with Crippen LogP contribution < -0.4 is 0 Å². The highest BCUT2D eigenvalue weighted by atomic mass is 14.7. The third-order valence-corrected chi connectivity index (χ3v) is 5.89. The zero-order valence-electron chi connectivity index (χ0n) is 18.3. The molecule has 0 aliphatic rings. The van der Waals surface area contributed by atoms with E-state index in [2.05, 4.69) is 82.5 Å². The van der Waals surface area contributed by atoms with Gasteiger partial charge in [0.1, 0.15) is 5.69 Å². The van der Waals surface area contributed by atoms with Crippen LogP contribution in [0.1, 0.15) is 11.3 Å². The Labute approximate surface area is 197 Å². The molecule has 3 aromatic heterocycles. The molecule has 3 heteroatoms. The van der Waals surface area contributed by atoms with Crippen molar-refractivity contribution in [2.45, 2.75) is 0 Å². The summed E-state index contributed by atoms with van der Waals surface area (Å²) in [6.07, 6.45) is 5.46. The van der Waals surface area contributed by atoms with E-state index in [1.54, 1.807) is 6.20 Å². The van der Waals surface area contributed by atoms with Gasteiger partial charge < -0.3 is 0 Å². The van der Waals surface area contributed by atoms with Crippen molar-refractivity contribution in [3.63, 3.8) is 0 Å². The number of fused-ring (bicyclic) bond motifs is 2. The van der Waals surface area contributed by atoms with Crippen LogP contribution in [0, 0.1) is 11.8 Å². The minimum absolute atomic E-state index is 0.692. The van der Waals surface area contributed by atoms with Gasteiger partial charge in [-0.05, 0) is 41.0 Å². The van der Waals surface area contributed by atoms with E-state index in [0.717, 1.165) is 38.9 Å². The van der Waals surface area contributed by atoms with E-state index in [0.29, 0.717) is 5.69 Å². The second kappa shape index (κ2) is 8.61. The van der Waals surface area contributed by atoms with Crippen LogP contribution >= 0.6 is 0 Å². The van der Waals surface area contributed by atoms with E-state index in [1.807, 2.05) is 48.8 Å². The van der Waals surface area contributed by atoms with E-state index >= 15 is 0 Å². The molecule has 0 fully saturated rings. The molecule has 6 aromatic rings. The predicted octanol–water partition coefficient (Wildman–Crippen LogP) is 6.91. The molecule has 0 saturated carbocycles. The van der Waals surface area contributed by atoms with E-state index in [4.69, 9.17) is 4.98 Å². The van der Waals surface area contributed by atoms with Gasteiger partial charge in [0.05, 0.1) is 17.0 Å². The Morgan fingerprint density at radius 1 is 0.529 bits per heavy atom. The maximum absolute atomic E-state index is 5.03. The lowest BCUT2D eigenvalue weighted by Gasteiger charge is -2.09. The summed E-state index contributed by atoms with van der Waals surface area (Å²) < 4.78 is 0. The van der Waals surface area contributed by atoms with Gasteiger partial charge in [-0.1, -0.05) is 78.7 Å². The molecule has 0 bridgehead atoms. The first-order valence-electron chi connectivity index (χ1n) is 11.1. The maximum atomic E-state index is 5.03. The summed E-state index contributed by atoms with van der Waals surface area (Å²) in [6.45, 7) is 0. The summed E-state index contributed by atoms with van der Waals surface area (Å²) in [5.41, 5.74) is 5.29. The van der Waals surface area contributed by atoms with Crippen molar-refractivity contribution in [2.75, 3.05) is 0 Å². The van der Waals surface area contributed by atoms with Gasteiger partial charge in [0.15, 0.2) is 0 Å². The Balaban J connectivity index is 1.55. The quantitative estimate of drug-likeness (QED) is 0.279. The molecular weight excluding hydrogens is 414 g/mol. The van der Waals surface area contributed by atoms with Gasteiger partial charge in [-0.2, -0.15) is 0 Å². The normalized spacial score (nSPS) is 10.7. The van der Waals surface area contributed by atoms with Crippen LogP contribution in [0.4, 0.5) is 0 Å². The van der Waals surface area contributed by atoms with Crippen molar-refractivity contribution in [3.05, 3.63) is 127 Å². The number of hydrogen-bond acceptors (Lipinski definition) is 3. The number of rotatable bonds is 2. The maximum Gasteiger partial charge on any atom is 0.123 e. The number of nitrogens with zero attached hydrogens (tertiary/aromatic N) is 3. The molecule has 0 unspecified atom stereocenters. The van der Waals surface area contributed by atoms with Crippen LogP contribution in [-0.2, 0) is 0 Å². The highest BCUT2D eigenvalue weighted by molar-refractivity contribution is 5.96. The average molecular weight is 434 g/mol. The predicted molar refractivity (Wildman–Crippen MR) is 138 cm³/mol. The fourth-order valence-corrected chi connectivity index (χ4v) is 4.22. The third kappa shape index (κ3) is 3.68. The van der Waals surface area contributed by atoms with E-state index in [-0.39, 0.29) is 0 Å². The summed E-state index contributed by atoms with van der Waals surface area (Å²) in [7, 11) is 0. The molecule has 0 amide bonds. The Morgan fingerprint density at radius 2 is 1.32 bits per heavy atom. The zero-order valence-corrected chi connectivity index (χ0v) is 18.3. The van der Waals surface area contributed by atoms with Crippen LogP contribution in [0.5, 0.6) is 0 Å². The molecule has 158 valence electrons. The monoisotopic (exact) mass is 433 g/mol. The lowest BCUT2D eigenvalue weighted by molar-refractivity contribution is 1.25. The van der Waals surface area contributed by atoms with Crippen LogP contribution in [-0.4, -0.2) is 15.0 Å². The van der Waals surface area contributed by atoms with E-state index < -0.39 is 0 Å². The molecule has 0 spiro atoms. The number of hydrogen-bond donors (Lipinski definition) is 0. The fraction of sp³-hybridized carbons (Fsp3) is 0. The molecule has 0 atom stereocenters. The molecule has 0 N–H and O–H groups in total. The Kier molecular flexibility index (Phi) is 5.03. The third-order valence-electron chi connectivity index (χ3n) is 5.89. The average Bonchev–Trinajstić information content (AvgIpc) is 2.92. The van der Waals surface area contributed by atoms with Gasteiger partial charge in [-0.15, -0.1) is 0 Å². The van der Waals surface area contributed by atoms with Crippen molar-refractivity contribution in [1.82, 2.24) is 15.0 Å². The molecular formula is C31H19N3. The van der Waals surface area contributed by atoms with Gasteiger partial charge >= 0.3 is 0 Å². The van der Waals surface area contributed by atoms with E-state index in [9.17, 15) is 0 Å². The summed E-state index contributed by atoms with van der Waals surface area (Å²) in [5, 5.41) is 4.50. The van der Waals surface area contributed by atoms with Gasteiger partial charge in [-0.3, -0.25) is 9.97 Å². The van der Waals surface area contributed by atoms with Crippen molar-refractivity contribution >= 4 is 21.5 Å². The summed E-state index contributed by atoms with van der Waals surface area (Å²) >= 11 is 0. The first kappa shape index (κ1) is 19.8. The SMILES string of the molecule is C(#Cc1cncc2ccccc12)c1nc(-c2cccc3ccccc23)ccc1-c1ccccn1. The lowest BCUT2D eigenvalue weighted by atomic mass is 10.00. The van der Waals surface area contributed by atoms with Crippen molar-refractivity contribution in [3.8, 4) is 34.4 Å².